The summed E-state index contributed by atoms with van der Waals surface area (Å²) in [4.78, 5) is 24.6. The summed E-state index contributed by atoms with van der Waals surface area (Å²) >= 11 is 1.46. The molecule has 0 bridgehead atoms. The van der Waals surface area contributed by atoms with Crippen LogP contribution in [0.4, 0.5) is 0 Å². The quantitative estimate of drug-likeness (QED) is 0.660. The van der Waals surface area contributed by atoms with Gasteiger partial charge in [0.1, 0.15) is 6.54 Å². The van der Waals surface area contributed by atoms with Gasteiger partial charge in [-0.25, -0.2) is 4.79 Å². The van der Waals surface area contributed by atoms with Crippen LogP contribution in [-0.2, 0) is 20.9 Å². The highest BCUT2D eigenvalue weighted by atomic mass is 32.1. The van der Waals surface area contributed by atoms with Crippen molar-refractivity contribution in [1.29, 1.82) is 0 Å². The average Bonchev–Trinajstić information content (AvgIpc) is 3.14. The molecule has 1 amide bonds. The summed E-state index contributed by atoms with van der Waals surface area (Å²) in [6.45, 7) is -0.399. The number of carbonyl (C=O) groups is 2. The molecule has 2 heterocycles. The Morgan fingerprint density at radius 2 is 2.38 bits per heavy atom. The topological polar surface area (TPSA) is 119 Å². The second kappa shape index (κ2) is 6.90. The molecule has 21 heavy (non-hydrogen) atoms. The van der Waals surface area contributed by atoms with Gasteiger partial charge in [0.25, 0.3) is 0 Å². The number of amides is 1. The molecule has 0 saturated heterocycles. The van der Waals surface area contributed by atoms with Gasteiger partial charge in [0.05, 0.1) is 18.5 Å². The van der Waals surface area contributed by atoms with E-state index in [0.717, 1.165) is 16.8 Å². The Morgan fingerprint density at radius 1 is 1.57 bits per heavy atom. The van der Waals surface area contributed by atoms with Crippen LogP contribution in [0, 0.1) is 0 Å². The molecule has 9 nitrogen and oxygen atoms in total. The Balaban J connectivity index is 1.84. The van der Waals surface area contributed by atoms with Crippen LogP contribution in [0.1, 0.15) is 0 Å². The van der Waals surface area contributed by atoms with Crippen LogP contribution in [0.15, 0.2) is 17.5 Å². The molecule has 1 unspecified atom stereocenters. The van der Waals surface area contributed by atoms with Crippen LogP contribution >= 0.6 is 11.3 Å². The number of rotatable bonds is 6. The number of nitrogens with one attached hydrogen (secondary N) is 1. The number of tetrazole rings is 1. The van der Waals surface area contributed by atoms with E-state index in [1.165, 1.54) is 11.3 Å². The van der Waals surface area contributed by atoms with Gasteiger partial charge in [0.2, 0.25) is 11.7 Å². The summed E-state index contributed by atoms with van der Waals surface area (Å²) in [5.74, 6) is -0.824. The second-order valence-electron chi connectivity index (χ2n) is 3.96. The summed E-state index contributed by atoms with van der Waals surface area (Å²) < 4.78 is 4.33. The third-order valence-corrected chi connectivity index (χ3v) is 3.31. The molecule has 0 aliphatic carbocycles. The molecule has 0 radical (unpaired) electrons. The summed E-state index contributed by atoms with van der Waals surface area (Å²) in [7, 11) is 1.15. The van der Waals surface area contributed by atoms with Crippen molar-refractivity contribution in [3.8, 4) is 10.7 Å². The predicted molar refractivity (Wildman–Crippen MR) is 72.2 cm³/mol. The molecule has 0 aromatic carbocycles. The SMILES string of the molecule is COC(=O)C(O)CNC(=O)Cn1nnc(-c2cccs2)n1. The Labute approximate surface area is 123 Å². The Hall–Kier alpha value is -2.33. The van der Waals surface area contributed by atoms with Gasteiger partial charge in [-0.05, 0) is 16.7 Å². The lowest BCUT2D eigenvalue weighted by Gasteiger charge is -2.09. The van der Waals surface area contributed by atoms with Gasteiger partial charge in [-0.2, -0.15) is 4.80 Å². The fourth-order valence-corrected chi connectivity index (χ4v) is 2.08. The van der Waals surface area contributed by atoms with Crippen molar-refractivity contribution in [3.63, 3.8) is 0 Å². The number of esters is 1. The molecule has 0 fully saturated rings. The minimum absolute atomic E-state index is 0.160. The lowest BCUT2D eigenvalue weighted by molar-refractivity contribution is -0.150. The largest absolute Gasteiger partial charge is 0.467 e. The van der Waals surface area contributed by atoms with E-state index in [4.69, 9.17) is 0 Å². The summed E-state index contributed by atoms with van der Waals surface area (Å²) in [5.41, 5.74) is 0. The molecule has 2 aromatic rings. The normalized spacial score (nSPS) is 11.9. The number of thiophene rings is 1. The van der Waals surface area contributed by atoms with Crippen molar-refractivity contribution < 1.29 is 19.4 Å². The van der Waals surface area contributed by atoms with Crippen LogP contribution in [0.3, 0.4) is 0 Å². The molecular formula is C11H13N5O4S. The zero-order valence-electron chi connectivity index (χ0n) is 11.1. The smallest absolute Gasteiger partial charge is 0.336 e. The highest BCUT2D eigenvalue weighted by Gasteiger charge is 2.17. The van der Waals surface area contributed by atoms with Crippen LogP contribution in [0.2, 0.25) is 0 Å². The Kier molecular flexibility index (Phi) is 4.95. The van der Waals surface area contributed by atoms with Crippen molar-refractivity contribution in [2.45, 2.75) is 12.6 Å². The van der Waals surface area contributed by atoms with E-state index in [1.807, 2.05) is 17.5 Å². The monoisotopic (exact) mass is 311 g/mol. The highest BCUT2D eigenvalue weighted by Crippen LogP contribution is 2.19. The number of ether oxygens (including phenoxy) is 1. The number of methoxy groups -OCH3 is 1. The van der Waals surface area contributed by atoms with Gasteiger partial charge in [-0.3, -0.25) is 4.79 Å². The maximum atomic E-state index is 11.6. The number of aliphatic hydroxyl groups excluding tert-OH is 1. The third-order valence-electron chi connectivity index (χ3n) is 2.45. The minimum atomic E-state index is -1.40. The number of nitrogens with zero attached hydrogens (tertiary/aromatic N) is 4. The number of aromatic nitrogens is 4. The summed E-state index contributed by atoms with van der Waals surface area (Å²) in [6, 6.07) is 3.71. The van der Waals surface area contributed by atoms with Crippen LogP contribution < -0.4 is 5.32 Å². The van der Waals surface area contributed by atoms with Crippen molar-refractivity contribution >= 4 is 23.2 Å². The molecule has 0 spiro atoms. The predicted octanol–water partition coefficient (Wildman–Crippen LogP) is -0.948. The van der Waals surface area contributed by atoms with E-state index >= 15 is 0 Å². The summed E-state index contributed by atoms with van der Waals surface area (Å²) in [5, 5.41) is 25.2. The second-order valence-corrected chi connectivity index (χ2v) is 4.91. The standard InChI is InChI=1S/C11H13N5O4S/c1-20-11(19)7(17)5-12-9(18)6-16-14-10(13-15-16)8-3-2-4-21-8/h2-4,7,17H,5-6H2,1H3,(H,12,18). The number of hydrogen-bond acceptors (Lipinski definition) is 8. The van der Waals surface area contributed by atoms with Crippen LogP contribution in [0.25, 0.3) is 10.7 Å². The first kappa shape index (κ1) is 15.1. The maximum Gasteiger partial charge on any atom is 0.336 e. The Morgan fingerprint density at radius 3 is 3.05 bits per heavy atom. The first-order valence-corrected chi connectivity index (χ1v) is 6.82. The molecule has 1 atom stereocenters. The van der Waals surface area contributed by atoms with Gasteiger partial charge in [-0.1, -0.05) is 6.07 Å². The van der Waals surface area contributed by atoms with Gasteiger partial charge in [0, 0.05) is 0 Å². The lowest BCUT2D eigenvalue weighted by atomic mass is 10.3. The number of hydrogen-bond donors (Lipinski definition) is 2. The molecule has 2 aromatic heterocycles. The molecular weight excluding hydrogens is 298 g/mol. The van der Waals surface area contributed by atoms with Gasteiger partial charge in [0.15, 0.2) is 6.10 Å². The maximum absolute atomic E-state index is 11.6. The van der Waals surface area contributed by atoms with Gasteiger partial charge < -0.3 is 15.2 Å². The molecule has 0 aliphatic rings. The van der Waals surface area contributed by atoms with E-state index in [0.29, 0.717) is 5.82 Å². The third kappa shape index (κ3) is 4.07. The van der Waals surface area contributed by atoms with Crippen LogP contribution in [0.5, 0.6) is 0 Å². The molecule has 2 N–H and O–H groups in total. The minimum Gasteiger partial charge on any atom is -0.467 e. The van der Waals surface area contributed by atoms with Crippen LogP contribution in [-0.4, -0.2) is 56.9 Å². The molecule has 112 valence electrons. The van der Waals surface area contributed by atoms with E-state index in [1.54, 1.807) is 0 Å². The summed E-state index contributed by atoms with van der Waals surface area (Å²) in [6.07, 6.45) is -1.40. The molecule has 10 heteroatoms. The van der Waals surface area contributed by atoms with Gasteiger partial charge >= 0.3 is 5.97 Å². The molecule has 0 saturated carbocycles. The Bertz CT molecular complexity index is 612. The molecule has 2 rings (SSSR count). The van der Waals surface area contributed by atoms with Crippen molar-refractivity contribution in [2.75, 3.05) is 13.7 Å². The fraction of sp³-hybridized carbons (Fsp3) is 0.364. The van der Waals surface area contributed by atoms with E-state index in [-0.39, 0.29) is 13.1 Å². The number of carbonyl (C=O) groups excluding carboxylic acids is 2. The van der Waals surface area contributed by atoms with E-state index in [2.05, 4.69) is 25.5 Å². The van der Waals surface area contributed by atoms with Gasteiger partial charge in [-0.15, -0.1) is 21.5 Å². The first-order chi connectivity index (χ1) is 10.1. The number of aliphatic hydroxyl groups is 1. The average molecular weight is 311 g/mol. The zero-order valence-corrected chi connectivity index (χ0v) is 11.9. The first-order valence-electron chi connectivity index (χ1n) is 5.94. The highest BCUT2D eigenvalue weighted by molar-refractivity contribution is 7.13. The zero-order chi connectivity index (χ0) is 15.2. The van der Waals surface area contributed by atoms with Crippen molar-refractivity contribution in [3.05, 3.63) is 17.5 Å². The molecule has 0 aliphatic heterocycles. The van der Waals surface area contributed by atoms with Crippen molar-refractivity contribution in [2.24, 2.45) is 0 Å². The fourth-order valence-electron chi connectivity index (χ4n) is 1.43. The lowest BCUT2D eigenvalue weighted by Crippen LogP contribution is -2.38. The van der Waals surface area contributed by atoms with E-state index in [9.17, 15) is 14.7 Å². The van der Waals surface area contributed by atoms with E-state index < -0.39 is 18.0 Å². The van der Waals surface area contributed by atoms with Crippen molar-refractivity contribution in [1.82, 2.24) is 25.5 Å².